The predicted molar refractivity (Wildman–Crippen MR) is 106 cm³/mol. The van der Waals surface area contributed by atoms with Crippen LogP contribution in [-0.4, -0.2) is 24.3 Å². The van der Waals surface area contributed by atoms with Crippen molar-refractivity contribution in [2.75, 3.05) is 0 Å². The van der Waals surface area contributed by atoms with E-state index in [0.29, 0.717) is 14.7 Å². The molecule has 3 aromatic heterocycles. The SMILES string of the molecule is Cc1nc(Br)sc1Oc1ncc(-n2ncn(Cc3c(F)cccc3F)c2=O)cc1F. The number of nitrogens with zero attached hydrogens (tertiary/aromatic N) is 5. The van der Waals surface area contributed by atoms with E-state index in [1.807, 2.05) is 0 Å². The van der Waals surface area contributed by atoms with Gasteiger partial charge in [0.25, 0.3) is 5.88 Å². The smallest absolute Gasteiger partial charge is 0.350 e. The number of benzene rings is 1. The van der Waals surface area contributed by atoms with Gasteiger partial charge < -0.3 is 4.74 Å². The van der Waals surface area contributed by atoms with Crippen LogP contribution in [0.3, 0.4) is 0 Å². The molecule has 0 spiro atoms. The first-order chi connectivity index (χ1) is 14.3. The van der Waals surface area contributed by atoms with Gasteiger partial charge in [0.1, 0.15) is 18.0 Å². The summed E-state index contributed by atoms with van der Waals surface area (Å²) in [6.45, 7) is 1.33. The van der Waals surface area contributed by atoms with Gasteiger partial charge >= 0.3 is 5.69 Å². The summed E-state index contributed by atoms with van der Waals surface area (Å²) in [4.78, 5) is 20.6. The highest BCUT2D eigenvalue weighted by Crippen LogP contribution is 2.34. The van der Waals surface area contributed by atoms with Crippen LogP contribution in [-0.2, 0) is 6.54 Å². The molecule has 0 aliphatic carbocycles. The second-order valence-corrected chi connectivity index (χ2v) is 8.31. The van der Waals surface area contributed by atoms with Crippen molar-refractivity contribution in [3.05, 3.63) is 79.9 Å². The lowest BCUT2D eigenvalue weighted by Gasteiger charge is -2.06. The van der Waals surface area contributed by atoms with E-state index in [-0.39, 0.29) is 23.7 Å². The van der Waals surface area contributed by atoms with Gasteiger partial charge in [0.15, 0.2) is 9.73 Å². The minimum absolute atomic E-state index is 0.0276. The Bertz CT molecular complexity index is 1280. The van der Waals surface area contributed by atoms with E-state index in [1.54, 1.807) is 6.92 Å². The molecule has 0 saturated heterocycles. The number of hydrogen-bond donors (Lipinski definition) is 0. The van der Waals surface area contributed by atoms with E-state index < -0.39 is 23.1 Å². The van der Waals surface area contributed by atoms with E-state index in [4.69, 9.17) is 4.74 Å². The predicted octanol–water partition coefficient (Wildman–Crippen LogP) is 4.21. The number of pyridine rings is 1. The minimum Gasteiger partial charge on any atom is -0.423 e. The summed E-state index contributed by atoms with van der Waals surface area (Å²) in [7, 11) is 0. The number of hydrogen-bond acceptors (Lipinski definition) is 6. The van der Waals surface area contributed by atoms with Gasteiger partial charge in [0.2, 0.25) is 5.06 Å². The van der Waals surface area contributed by atoms with Crippen LogP contribution >= 0.6 is 27.3 Å². The molecule has 0 amide bonds. The lowest BCUT2D eigenvalue weighted by atomic mass is 10.2. The number of thiazole rings is 1. The monoisotopic (exact) mass is 497 g/mol. The summed E-state index contributed by atoms with van der Waals surface area (Å²) in [5, 5.41) is 4.24. The maximum Gasteiger partial charge on any atom is 0.350 e. The van der Waals surface area contributed by atoms with Gasteiger partial charge in [-0.2, -0.15) is 9.78 Å². The van der Waals surface area contributed by atoms with Crippen LogP contribution < -0.4 is 10.4 Å². The van der Waals surface area contributed by atoms with E-state index >= 15 is 0 Å². The van der Waals surface area contributed by atoms with Crippen molar-refractivity contribution in [2.24, 2.45) is 0 Å². The molecule has 0 N–H and O–H groups in total. The Labute approximate surface area is 179 Å². The molecular weight excluding hydrogens is 487 g/mol. The maximum atomic E-state index is 14.5. The Hall–Kier alpha value is -2.99. The van der Waals surface area contributed by atoms with Gasteiger partial charge in [-0.1, -0.05) is 17.4 Å². The van der Waals surface area contributed by atoms with Crippen molar-refractivity contribution in [1.29, 1.82) is 0 Å². The van der Waals surface area contributed by atoms with Crippen LogP contribution in [0.5, 0.6) is 10.9 Å². The zero-order valence-electron chi connectivity index (χ0n) is 15.1. The fourth-order valence-electron chi connectivity index (χ4n) is 2.61. The quantitative estimate of drug-likeness (QED) is 0.412. The molecular formula is C18H11BrF3N5O2S. The molecule has 154 valence electrons. The van der Waals surface area contributed by atoms with Crippen LogP contribution in [0.25, 0.3) is 5.69 Å². The summed E-state index contributed by atoms with van der Waals surface area (Å²) in [5.41, 5.74) is -0.402. The lowest BCUT2D eigenvalue weighted by molar-refractivity contribution is 0.428. The topological polar surface area (TPSA) is 74.8 Å². The average molecular weight is 498 g/mol. The Morgan fingerprint density at radius 1 is 1.20 bits per heavy atom. The zero-order chi connectivity index (χ0) is 21.4. The van der Waals surface area contributed by atoms with E-state index in [0.717, 1.165) is 33.8 Å². The molecule has 0 radical (unpaired) electrons. The number of aryl methyl sites for hydroxylation is 1. The van der Waals surface area contributed by atoms with Crippen molar-refractivity contribution in [2.45, 2.75) is 13.5 Å². The molecule has 0 aliphatic rings. The standard InChI is InChI=1S/C18H11BrF3N5O2S/c1-9-16(30-17(19)25-9)29-15-14(22)5-10(6-23-15)27-18(28)26(8-24-27)7-11-12(20)3-2-4-13(11)21/h2-6,8H,7H2,1H3. The molecule has 1 aromatic carbocycles. The van der Waals surface area contributed by atoms with Crippen LogP contribution in [0.15, 0.2) is 45.5 Å². The molecule has 7 nitrogen and oxygen atoms in total. The molecule has 0 fully saturated rings. The van der Waals surface area contributed by atoms with Gasteiger partial charge in [-0.15, -0.1) is 0 Å². The van der Waals surface area contributed by atoms with Crippen LogP contribution in [0.1, 0.15) is 11.3 Å². The molecule has 4 rings (SSSR count). The molecule has 4 aromatic rings. The first-order valence-electron chi connectivity index (χ1n) is 8.37. The third-order valence-corrected chi connectivity index (χ3v) is 5.57. The molecule has 0 unspecified atom stereocenters. The molecule has 0 aliphatic heterocycles. The van der Waals surface area contributed by atoms with Crippen molar-refractivity contribution in [3.8, 4) is 16.6 Å². The normalized spacial score (nSPS) is 11.1. The zero-order valence-corrected chi connectivity index (χ0v) is 17.5. The third-order valence-electron chi connectivity index (χ3n) is 4.08. The van der Waals surface area contributed by atoms with E-state index in [1.165, 1.54) is 23.6 Å². The average Bonchev–Trinajstić information content (AvgIpc) is 3.21. The number of halogens is 4. The van der Waals surface area contributed by atoms with Gasteiger partial charge in [-0.25, -0.2) is 27.9 Å². The van der Waals surface area contributed by atoms with E-state index in [2.05, 4.69) is 31.0 Å². The largest absolute Gasteiger partial charge is 0.423 e. The summed E-state index contributed by atoms with van der Waals surface area (Å²) < 4.78 is 50.1. The Morgan fingerprint density at radius 2 is 1.93 bits per heavy atom. The Balaban J connectivity index is 1.61. The number of aromatic nitrogens is 5. The van der Waals surface area contributed by atoms with Crippen LogP contribution in [0, 0.1) is 24.4 Å². The van der Waals surface area contributed by atoms with Gasteiger partial charge in [-0.3, -0.25) is 4.57 Å². The fourth-order valence-corrected chi connectivity index (χ4v) is 3.97. The van der Waals surface area contributed by atoms with Crippen molar-refractivity contribution in [3.63, 3.8) is 0 Å². The summed E-state index contributed by atoms with van der Waals surface area (Å²) in [6.07, 6.45) is 2.31. The molecule has 12 heteroatoms. The maximum absolute atomic E-state index is 14.5. The molecule has 0 bridgehead atoms. The molecule has 0 saturated carbocycles. The molecule has 30 heavy (non-hydrogen) atoms. The first-order valence-corrected chi connectivity index (χ1v) is 9.98. The highest BCUT2D eigenvalue weighted by atomic mass is 79.9. The third kappa shape index (κ3) is 3.87. The summed E-state index contributed by atoms with van der Waals surface area (Å²) >= 11 is 4.39. The summed E-state index contributed by atoms with van der Waals surface area (Å²) in [6, 6.07) is 4.44. The Morgan fingerprint density at radius 3 is 2.57 bits per heavy atom. The molecule has 3 heterocycles. The first kappa shape index (κ1) is 20.3. The lowest BCUT2D eigenvalue weighted by Crippen LogP contribution is -2.25. The van der Waals surface area contributed by atoms with Crippen molar-refractivity contribution in [1.82, 2.24) is 24.3 Å². The highest BCUT2D eigenvalue weighted by Gasteiger charge is 2.17. The van der Waals surface area contributed by atoms with Crippen molar-refractivity contribution >= 4 is 27.3 Å². The second-order valence-electron chi connectivity index (χ2n) is 6.08. The van der Waals surface area contributed by atoms with Gasteiger partial charge in [-0.05, 0) is 35.0 Å². The van der Waals surface area contributed by atoms with Crippen LogP contribution in [0.2, 0.25) is 0 Å². The van der Waals surface area contributed by atoms with Crippen molar-refractivity contribution < 1.29 is 17.9 Å². The summed E-state index contributed by atoms with van der Waals surface area (Å²) in [5.74, 6) is -2.68. The Kier molecular flexibility index (Phi) is 5.43. The van der Waals surface area contributed by atoms with Gasteiger partial charge in [0, 0.05) is 11.6 Å². The second kappa shape index (κ2) is 8.03. The fraction of sp³-hybridized carbons (Fsp3) is 0.111. The van der Waals surface area contributed by atoms with Crippen LogP contribution in [0.4, 0.5) is 13.2 Å². The highest BCUT2D eigenvalue weighted by molar-refractivity contribution is 9.11. The minimum atomic E-state index is -0.821. The van der Waals surface area contributed by atoms with E-state index in [9.17, 15) is 18.0 Å². The number of ether oxygens (including phenoxy) is 1. The number of rotatable bonds is 5. The van der Waals surface area contributed by atoms with Gasteiger partial charge in [0.05, 0.1) is 24.1 Å². The molecule has 0 atom stereocenters.